The summed E-state index contributed by atoms with van der Waals surface area (Å²) in [6.45, 7) is 3.33. The molecule has 1 unspecified atom stereocenters. The normalized spacial score (nSPS) is 19.1. The van der Waals surface area contributed by atoms with Gasteiger partial charge >= 0.3 is 5.97 Å². The second kappa shape index (κ2) is 9.30. The molecule has 0 radical (unpaired) electrons. The standard InChI is InChI=1S/C21H25N3O4/c1-2-27-20(26)21(10-14-28-17-7-4-3-5-8-17)9-6-13-24(16-21)19(25)18-15-22-11-12-23-18/h3-5,7-8,11-12,15H,2,6,9-10,13-14,16H2,1H3. The van der Waals surface area contributed by atoms with E-state index in [0.29, 0.717) is 39.1 Å². The van der Waals surface area contributed by atoms with Gasteiger partial charge in [0.15, 0.2) is 0 Å². The molecule has 1 amide bonds. The van der Waals surface area contributed by atoms with Crippen LogP contribution in [0.5, 0.6) is 5.75 Å². The molecule has 0 aliphatic carbocycles. The first-order chi connectivity index (χ1) is 13.6. The third kappa shape index (κ3) is 4.65. The molecule has 1 aliphatic heterocycles. The third-order valence-electron chi connectivity index (χ3n) is 4.95. The van der Waals surface area contributed by atoms with Crippen LogP contribution in [0.25, 0.3) is 0 Å². The van der Waals surface area contributed by atoms with Crippen LogP contribution in [0.1, 0.15) is 36.7 Å². The Morgan fingerprint density at radius 2 is 2.04 bits per heavy atom. The number of nitrogens with zero attached hydrogens (tertiary/aromatic N) is 3. The fraction of sp³-hybridized carbons (Fsp3) is 0.429. The number of amides is 1. The number of ether oxygens (including phenoxy) is 2. The largest absolute Gasteiger partial charge is 0.494 e. The summed E-state index contributed by atoms with van der Waals surface area (Å²) in [5, 5.41) is 0. The molecule has 7 nitrogen and oxygen atoms in total. The van der Waals surface area contributed by atoms with Gasteiger partial charge in [0.25, 0.3) is 5.91 Å². The summed E-state index contributed by atoms with van der Waals surface area (Å²) < 4.78 is 11.2. The number of aromatic nitrogens is 2. The first-order valence-corrected chi connectivity index (χ1v) is 9.55. The highest BCUT2D eigenvalue weighted by molar-refractivity contribution is 5.92. The minimum Gasteiger partial charge on any atom is -0.494 e. The molecule has 3 rings (SSSR count). The van der Waals surface area contributed by atoms with Gasteiger partial charge in [0.05, 0.1) is 24.8 Å². The quantitative estimate of drug-likeness (QED) is 0.684. The zero-order chi connectivity index (χ0) is 19.8. The van der Waals surface area contributed by atoms with Crippen molar-refractivity contribution in [3.8, 4) is 5.75 Å². The first-order valence-electron chi connectivity index (χ1n) is 9.55. The zero-order valence-electron chi connectivity index (χ0n) is 16.0. The van der Waals surface area contributed by atoms with Crippen LogP contribution in [0.3, 0.4) is 0 Å². The van der Waals surface area contributed by atoms with Crippen molar-refractivity contribution in [2.75, 3.05) is 26.3 Å². The second-order valence-electron chi connectivity index (χ2n) is 6.83. The average Bonchev–Trinajstić information content (AvgIpc) is 2.75. The van der Waals surface area contributed by atoms with Crippen LogP contribution in [0, 0.1) is 5.41 Å². The molecule has 0 spiro atoms. The number of benzene rings is 1. The smallest absolute Gasteiger partial charge is 0.314 e. The number of esters is 1. The lowest BCUT2D eigenvalue weighted by molar-refractivity contribution is -0.159. The second-order valence-corrected chi connectivity index (χ2v) is 6.83. The molecule has 1 saturated heterocycles. The summed E-state index contributed by atoms with van der Waals surface area (Å²) in [6.07, 6.45) is 6.32. The van der Waals surface area contributed by atoms with E-state index < -0.39 is 5.41 Å². The minimum atomic E-state index is -0.777. The minimum absolute atomic E-state index is 0.217. The van der Waals surface area contributed by atoms with E-state index in [1.54, 1.807) is 11.8 Å². The van der Waals surface area contributed by atoms with Gasteiger partial charge in [-0.05, 0) is 38.3 Å². The van der Waals surface area contributed by atoms with Crippen LogP contribution in [-0.2, 0) is 9.53 Å². The van der Waals surface area contributed by atoms with E-state index in [1.165, 1.54) is 18.6 Å². The van der Waals surface area contributed by atoms with Gasteiger partial charge in [0.2, 0.25) is 0 Å². The van der Waals surface area contributed by atoms with Crippen molar-refractivity contribution in [3.05, 3.63) is 54.6 Å². The van der Waals surface area contributed by atoms with E-state index in [9.17, 15) is 9.59 Å². The lowest BCUT2D eigenvalue weighted by Gasteiger charge is -2.40. The number of rotatable bonds is 7. The Morgan fingerprint density at radius 1 is 1.21 bits per heavy atom. The SMILES string of the molecule is CCOC(=O)C1(CCOc2ccccc2)CCCN(C(=O)c2cnccn2)C1. The van der Waals surface area contributed by atoms with Gasteiger partial charge < -0.3 is 14.4 Å². The molecule has 148 valence electrons. The molecule has 2 aromatic rings. The molecule has 2 heterocycles. The van der Waals surface area contributed by atoms with Gasteiger partial charge in [-0.2, -0.15) is 0 Å². The van der Waals surface area contributed by atoms with Crippen molar-refractivity contribution >= 4 is 11.9 Å². The molecule has 0 saturated carbocycles. The van der Waals surface area contributed by atoms with Crippen molar-refractivity contribution in [2.24, 2.45) is 5.41 Å². The Bertz CT molecular complexity index is 785. The molecule has 1 aromatic heterocycles. The lowest BCUT2D eigenvalue weighted by atomic mass is 9.77. The van der Waals surface area contributed by atoms with Crippen molar-refractivity contribution in [1.29, 1.82) is 0 Å². The van der Waals surface area contributed by atoms with E-state index >= 15 is 0 Å². The molecule has 0 bridgehead atoms. The van der Waals surface area contributed by atoms with Crippen molar-refractivity contribution in [1.82, 2.24) is 14.9 Å². The van der Waals surface area contributed by atoms with Gasteiger partial charge in [-0.1, -0.05) is 18.2 Å². The van der Waals surface area contributed by atoms with Gasteiger partial charge in [-0.3, -0.25) is 14.6 Å². The van der Waals surface area contributed by atoms with Crippen LogP contribution in [0.4, 0.5) is 0 Å². The van der Waals surface area contributed by atoms with Gasteiger partial charge in [-0.25, -0.2) is 4.98 Å². The van der Waals surface area contributed by atoms with E-state index in [1.807, 2.05) is 30.3 Å². The molecule has 1 aliphatic rings. The van der Waals surface area contributed by atoms with Crippen LogP contribution >= 0.6 is 0 Å². The Balaban J connectivity index is 1.72. The average molecular weight is 383 g/mol. The molecule has 28 heavy (non-hydrogen) atoms. The lowest BCUT2D eigenvalue weighted by Crippen LogP contribution is -2.51. The van der Waals surface area contributed by atoms with Crippen LogP contribution in [-0.4, -0.2) is 53.0 Å². The van der Waals surface area contributed by atoms with Crippen molar-refractivity contribution in [3.63, 3.8) is 0 Å². The molecular weight excluding hydrogens is 358 g/mol. The summed E-state index contributed by atoms with van der Waals surface area (Å²) in [7, 11) is 0. The fourth-order valence-electron chi connectivity index (χ4n) is 3.51. The Labute approximate surface area is 164 Å². The highest BCUT2D eigenvalue weighted by atomic mass is 16.5. The van der Waals surface area contributed by atoms with Gasteiger partial charge in [-0.15, -0.1) is 0 Å². The number of hydrogen-bond donors (Lipinski definition) is 0. The highest BCUT2D eigenvalue weighted by Gasteiger charge is 2.44. The predicted octanol–water partition coefficient (Wildman–Crippen LogP) is 2.73. The Kier molecular flexibility index (Phi) is 6.57. The molecule has 0 N–H and O–H groups in total. The predicted molar refractivity (Wildman–Crippen MR) is 103 cm³/mol. The maximum absolute atomic E-state index is 12.8. The van der Waals surface area contributed by atoms with Gasteiger partial charge in [0.1, 0.15) is 11.4 Å². The molecule has 1 aromatic carbocycles. The highest BCUT2D eigenvalue weighted by Crippen LogP contribution is 2.35. The van der Waals surface area contributed by atoms with Crippen molar-refractivity contribution < 1.29 is 19.1 Å². The summed E-state index contributed by atoms with van der Waals surface area (Å²) in [5.74, 6) is 0.263. The Morgan fingerprint density at radius 3 is 2.75 bits per heavy atom. The third-order valence-corrected chi connectivity index (χ3v) is 4.95. The van der Waals surface area contributed by atoms with Gasteiger partial charge in [0, 0.05) is 25.5 Å². The molecule has 7 heteroatoms. The summed E-state index contributed by atoms with van der Waals surface area (Å²) in [5.41, 5.74) is -0.497. The van der Waals surface area contributed by atoms with E-state index in [-0.39, 0.29) is 17.6 Å². The van der Waals surface area contributed by atoms with Crippen LogP contribution < -0.4 is 4.74 Å². The maximum Gasteiger partial charge on any atom is 0.314 e. The zero-order valence-corrected chi connectivity index (χ0v) is 16.0. The van der Waals surface area contributed by atoms with Crippen molar-refractivity contribution in [2.45, 2.75) is 26.2 Å². The number of carbonyl (C=O) groups excluding carboxylic acids is 2. The topological polar surface area (TPSA) is 81.6 Å². The number of hydrogen-bond acceptors (Lipinski definition) is 6. The Hall–Kier alpha value is -2.96. The molecule has 1 fully saturated rings. The fourth-order valence-corrected chi connectivity index (χ4v) is 3.51. The van der Waals surface area contributed by atoms with Crippen LogP contribution in [0.2, 0.25) is 0 Å². The summed E-state index contributed by atoms with van der Waals surface area (Å²) in [4.78, 5) is 35.4. The molecular formula is C21H25N3O4. The van der Waals surface area contributed by atoms with E-state index in [0.717, 1.165) is 12.2 Å². The van der Waals surface area contributed by atoms with E-state index in [4.69, 9.17) is 9.47 Å². The van der Waals surface area contributed by atoms with Crippen LogP contribution in [0.15, 0.2) is 48.9 Å². The number of likely N-dealkylation sites (tertiary alicyclic amines) is 1. The summed E-state index contributed by atoms with van der Waals surface area (Å²) in [6, 6.07) is 9.48. The number of piperidine rings is 1. The number of carbonyl (C=O) groups is 2. The molecule has 1 atom stereocenters. The summed E-state index contributed by atoms with van der Waals surface area (Å²) >= 11 is 0. The van der Waals surface area contributed by atoms with E-state index in [2.05, 4.69) is 9.97 Å². The monoisotopic (exact) mass is 383 g/mol. The maximum atomic E-state index is 12.8. The first kappa shape index (κ1) is 19.8. The number of para-hydroxylation sites is 1.